The molecule has 1 aromatic carbocycles. The lowest BCUT2D eigenvalue weighted by molar-refractivity contribution is 0.462. The Kier molecular flexibility index (Phi) is 6.06. The molecule has 0 aliphatic heterocycles. The Morgan fingerprint density at radius 3 is 2.24 bits per heavy atom. The molecule has 1 aromatic rings. The minimum absolute atomic E-state index is 0.661. The predicted molar refractivity (Wildman–Crippen MR) is 76.6 cm³/mol. The van der Waals surface area contributed by atoms with Crippen molar-refractivity contribution in [3.8, 4) is 0 Å². The smallest absolute Gasteiger partial charge is 0.0361 e. The number of anilines is 1. The summed E-state index contributed by atoms with van der Waals surface area (Å²) in [5, 5.41) is 3.62. The van der Waals surface area contributed by atoms with Crippen LogP contribution in [0.3, 0.4) is 0 Å². The van der Waals surface area contributed by atoms with E-state index in [9.17, 15) is 0 Å². The van der Waals surface area contributed by atoms with Crippen molar-refractivity contribution in [2.45, 2.75) is 45.7 Å². The molecule has 0 amide bonds. The van der Waals surface area contributed by atoms with Crippen molar-refractivity contribution < 1.29 is 0 Å². The summed E-state index contributed by atoms with van der Waals surface area (Å²) in [6, 6.07) is 9.44. The minimum atomic E-state index is 0.661. The van der Waals surface area contributed by atoms with Gasteiger partial charge in [0.1, 0.15) is 0 Å². The third kappa shape index (κ3) is 4.78. The molecule has 0 saturated heterocycles. The molecular weight excluding hydrogens is 208 g/mol. The number of rotatable bonds is 7. The average Bonchev–Trinajstić information content (AvgIpc) is 2.35. The Morgan fingerprint density at radius 2 is 1.76 bits per heavy atom. The molecule has 0 spiro atoms. The van der Waals surface area contributed by atoms with E-state index >= 15 is 0 Å². The van der Waals surface area contributed by atoms with Crippen LogP contribution in [0.15, 0.2) is 24.3 Å². The quantitative estimate of drug-likeness (QED) is 0.777. The van der Waals surface area contributed by atoms with E-state index in [0.29, 0.717) is 6.04 Å². The highest BCUT2D eigenvalue weighted by atomic mass is 15.1. The second-order valence-electron chi connectivity index (χ2n) is 4.84. The van der Waals surface area contributed by atoms with Crippen LogP contribution in [-0.4, -0.2) is 20.1 Å². The first-order valence-electron chi connectivity index (χ1n) is 6.67. The third-order valence-electron chi connectivity index (χ3n) is 3.18. The van der Waals surface area contributed by atoms with Gasteiger partial charge in [0.15, 0.2) is 0 Å². The Labute approximate surface area is 106 Å². The van der Waals surface area contributed by atoms with E-state index in [1.165, 1.54) is 30.5 Å². The first-order chi connectivity index (χ1) is 8.17. The van der Waals surface area contributed by atoms with Crippen LogP contribution in [0.4, 0.5) is 5.69 Å². The van der Waals surface area contributed by atoms with Gasteiger partial charge in [0.05, 0.1) is 0 Å². The topological polar surface area (TPSA) is 15.3 Å². The molecular formula is C15H26N2. The highest BCUT2D eigenvalue weighted by molar-refractivity contribution is 5.45. The van der Waals surface area contributed by atoms with E-state index in [0.717, 1.165) is 6.54 Å². The van der Waals surface area contributed by atoms with E-state index in [4.69, 9.17) is 0 Å². The summed E-state index contributed by atoms with van der Waals surface area (Å²) in [5.41, 5.74) is 2.62. The van der Waals surface area contributed by atoms with Gasteiger partial charge in [-0.25, -0.2) is 0 Å². The van der Waals surface area contributed by atoms with Gasteiger partial charge in [0.25, 0.3) is 0 Å². The van der Waals surface area contributed by atoms with Gasteiger partial charge in [-0.05, 0) is 30.5 Å². The molecule has 2 nitrogen and oxygen atoms in total. The van der Waals surface area contributed by atoms with E-state index in [1.54, 1.807) is 0 Å². The maximum absolute atomic E-state index is 3.62. The molecule has 1 rings (SSSR count). The van der Waals surface area contributed by atoms with Crippen LogP contribution in [0.1, 0.15) is 38.7 Å². The Bertz CT molecular complexity index is 303. The van der Waals surface area contributed by atoms with E-state index in [-0.39, 0.29) is 0 Å². The lowest BCUT2D eigenvalue weighted by atomic mass is 10.1. The van der Waals surface area contributed by atoms with E-state index in [2.05, 4.69) is 62.4 Å². The SMILES string of the molecule is CCCC(CC)NCc1ccc(N(C)C)cc1. The summed E-state index contributed by atoms with van der Waals surface area (Å²) in [6.07, 6.45) is 3.74. The first kappa shape index (κ1) is 14.0. The molecule has 17 heavy (non-hydrogen) atoms. The van der Waals surface area contributed by atoms with Crippen molar-refractivity contribution in [2.24, 2.45) is 0 Å². The zero-order valence-corrected chi connectivity index (χ0v) is 11.7. The van der Waals surface area contributed by atoms with Crippen molar-refractivity contribution in [3.05, 3.63) is 29.8 Å². The average molecular weight is 234 g/mol. The molecule has 2 heteroatoms. The monoisotopic (exact) mass is 234 g/mol. The highest BCUT2D eigenvalue weighted by Crippen LogP contribution is 2.12. The van der Waals surface area contributed by atoms with Crippen LogP contribution in [0.25, 0.3) is 0 Å². The van der Waals surface area contributed by atoms with Crippen LogP contribution in [-0.2, 0) is 6.54 Å². The van der Waals surface area contributed by atoms with Gasteiger partial charge >= 0.3 is 0 Å². The molecule has 96 valence electrons. The van der Waals surface area contributed by atoms with Crippen molar-refractivity contribution >= 4 is 5.69 Å². The van der Waals surface area contributed by atoms with Crippen LogP contribution >= 0.6 is 0 Å². The van der Waals surface area contributed by atoms with Crippen LogP contribution < -0.4 is 10.2 Å². The van der Waals surface area contributed by atoms with E-state index in [1.807, 2.05) is 0 Å². The second-order valence-corrected chi connectivity index (χ2v) is 4.84. The fourth-order valence-corrected chi connectivity index (χ4v) is 1.97. The molecule has 0 aliphatic rings. The fraction of sp³-hybridized carbons (Fsp3) is 0.600. The molecule has 1 atom stereocenters. The lowest BCUT2D eigenvalue weighted by Gasteiger charge is -2.17. The molecule has 1 N–H and O–H groups in total. The Hall–Kier alpha value is -1.02. The molecule has 0 aliphatic carbocycles. The minimum Gasteiger partial charge on any atom is -0.378 e. The Balaban J connectivity index is 2.46. The van der Waals surface area contributed by atoms with Gasteiger partial charge in [-0.1, -0.05) is 32.4 Å². The summed E-state index contributed by atoms with van der Waals surface area (Å²) in [5.74, 6) is 0. The van der Waals surface area contributed by atoms with Gasteiger partial charge in [0, 0.05) is 32.4 Å². The standard InChI is InChI=1S/C15H26N2/c1-5-7-14(6-2)16-12-13-8-10-15(11-9-13)17(3)4/h8-11,14,16H,5-7,12H2,1-4H3. The molecule has 0 aromatic heterocycles. The van der Waals surface area contributed by atoms with Crippen molar-refractivity contribution in [3.63, 3.8) is 0 Å². The normalized spacial score (nSPS) is 12.5. The largest absolute Gasteiger partial charge is 0.378 e. The van der Waals surface area contributed by atoms with Crippen LogP contribution in [0.2, 0.25) is 0 Å². The fourth-order valence-electron chi connectivity index (χ4n) is 1.97. The maximum Gasteiger partial charge on any atom is 0.0361 e. The molecule has 0 fully saturated rings. The van der Waals surface area contributed by atoms with Crippen LogP contribution in [0, 0.1) is 0 Å². The summed E-state index contributed by atoms with van der Waals surface area (Å²) in [6.45, 7) is 5.48. The summed E-state index contributed by atoms with van der Waals surface area (Å²) in [4.78, 5) is 2.13. The second kappa shape index (κ2) is 7.33. The summed E-state index contributed by atoms with van der Waals surface area (Å²) in [7, 11) is 4.14. The molecule has 0 radical (unpaired) electrons. The van der Waals surface area contributed by atoms with Gasteiger partial charge in [-0.2, -0.15) is 0 Å². The van der Waals surface area contributed by atoms with Gasteiger partial charge in [0.2, 0.25) is 0 Å². The predicted octanol–water partition coefficient (Wildman–Crippen LogP) is 3.42. The van der Waals surface area contributed by atoms with Gasteiger partial charge < -0.3 is 10.2 Å². The molecule has 0 saturated carbocycles. The number of nitrogens with zero attached hydrogens (tertiary/aromatic N) is 1. The van der Waals surface area contributed by atoms with Gasteiger partial charge in [-0.3, -0.25) is 0 Å². The van der Waals surface area contributed by atoms with Crippen molar-refractivity contribution in [1.82, 2.24) is 5.32 Å². The zero-order chi connectivity index (χ0) is 12.7. The number of nitrogens with one attached hydrogen (secondary N) is 1. The van der Waals surface area contributed by atoms with Crippen molar-refractivity contribution in [1.29, 1.82) is 0 Å². The summed E-state index contributed by atoms with van der Waals surface area (Å²) < 4.78 is 0. The zero-order valence-electron chi connectivity index (χ0n) is 11.7. The summed E-state index contributed by atoms with van der Waals surface area (Å²) >= 11 is 0. The molecule has 1 unspecified atom stereocenters. The van der Waals surface area contributed by atoms with Crippen LogP contribution in [0.5, 0.6) is 0 Å². The van der Waals surface area contributed by atoms with E-state index < -0.39 is 0 Å². The Morgan fingerprint density at radius 1 is 1.12 bits per heavy atom. The highest BCUT2D eigenvalue weighted by Gasteiger charge is 2.04. The number of benzene rings is 1. The number of hydrogen-bond donors (Lipinski definition) is 1. The molecule has 0 heterocycles. The van der Waals surface area contributed by atoms with Crippen molar-refractivity contribution in [2.75, 3.05) is 19.0 Å². The third-order valence-corrected chi connectivity index (χ3v) is 3.18. The van der Waals surface area contributed by atoms with Gasteiger partial charge in [-0.15, -0.1) is 0 Å². The first-order valence-corrected chi connectivity index (χ1v) is 6.67. The maximum atomic E-state index is 3.62. The number of hydrogen-bond acceptors (Lipinski definition) is 2. The lowest BCUT2D eigenvalue weighted by Crippen LogP contribution is -2.27. The molecule has 0 bridgehead atoms.